The van der Waals surface area contributed by atoms with Gasteiger partial charge in [0.05, 0.1) is 18.7 Å². The van der Waals surface area contributed by atoms with Crippen molar-refractivity contribution in [2.24, 2.45) is 5.16 Å². The third-order valence-electron chi connectivity index (χ3n) is 2.18. The number of anilines is 1. The van der Waals surface area contributed by atoms with Crippen molar-refractivity contribution >= 4 is 11.7 Å². The first-order valence-corrected chi connectivity index (χ1v) is 5.97. The largest absolute Gasteiger partial charge is 0.477 e. The summed E-state index contributed by atoms with van der Waals surface area (Å²) in [6, 6.07) is 2.20. The second-order valence-electron chi connectivity index (χ2n) is 3.80. The van der Waals surface area contributed by atoms with Gasteiger partial charge in [0.15, 0.2) is 0 Å². The third kappa shape index (κ3) is 5.33. The summed E-state index contributed by atoms with van der Waals surface area (Å²) in [6.45, 7) is 2.59. The quantitative estimate of drug-likeness (QED) is 0.497. The second-order valence-corrected chi connectivity index (χ2v) is 3.80. The molecule has 1 aromatic heterocycles. The lowest BCUT2D eigenvalue weighted by Gasteiger charge is -2.10. The van der Waals surface area contributed by atoms with E-state index in [0.717, 1.165) is 18.7 Å². The van der Waals surface area contributed by atoms with E-state index in [0.29, 0.717) is 18.3 Å². The zero-order valence-electron chi connectivity index (χ0n) is 11.2. The van der Waals surface area contributed by atoms with Crippen molar-refractivity contribution in [3.05, 3.63) is 23.9 Å². The molecule has 0 saturated carbocycles. The van der Waals surface area contributed by atoms with Crippen molar-refractivity contribution in [1.82, 2.24) is 4.98 Å². The Morgan fingerprint density at radius 1 is 1.40 bits per heavy atom. The molecule has 1 heterocycles. The minimum atomic E-state index is -4.39. The summed E-state index contributed by atoms with van der Waals surface area (Å²) >= 11 is 0. The molecule has 0 fully saturated rings. The van der Waals surface area contributed by atoms with Crippen LogP contribution < -0.4 is 5.32 Å². The number of rotatable bonds is 6. The third-order valence-corrected chi connectivity index (χ3v) is 2.18. The first-order chi connectivity index (χ1) is 9.47. The van der Waals surface area contributed by atoms with Crippen LogP contribution in [0.5, 0.6) is 0 Å². The summed E-state index contributed by atoms with van der Waals surface area (Å²) in [6.07, 6.45) is -2.82. The molecular weight excluding hydrogens is 275 g/mol. The fourth-order valence-electron chi connectivity index (χ4n) is 1.26. The van der Waals surface area contributed by atoms with E-state index in [1.165, 1.54) is 13.2 Å². The Morgan fingerprint density at radius 3 is 2.65 bits per heavy atom. The van der Waals surface area contributed by atoms with Crippen LogP contribution in [0.25, 0.3) is 0 Å². The van der Waals surface area contributed by atoms with E-state index < -0.39 is 11.7 Å². The number of nitrogens with one attached hydrogen (secondary N) is 1. The van der Waals surface area contributed by atoms with E-state index in [1.54, 1.807) is 0 Å². The standard InChI is InChI=1S/C12H16F3N3O2/c1-3-6-20-11(18-19-2)8-17-10-5-4-9(7-16-10)12(13,14)15/h4-5,7H,3,6,8H2,1-2H3,(H,16,17). The average Bonchev–Trinajstić information content (AvgIpc) is 2.41. The summed E-state index contributed by atoms with van der Waals surface area (Å²) in [5.74, 6) is 0.595. The van der Waals surface area contributed by atoms with Gasteiger partial charge < -0.3 is 14.9 Å². The molecule has 0 aliphatic carbocycles. The SMILES string of the molecule is CCCOC(CNc1ccc(C(F)(F)F)cn1)=NOC. The summed E-state index contributed by atoms with van der Waals surface area (Å²) in [7, 11) is 1.38. The highest BCUT2D eigenvalue weighted by Gasteiger charge is 2.30. The van der Waals surface area contributed by atoms with Gasteiger partial charge in [-0.2, -0.15) is 13.2 Å². The van der Waals surface area contributed by atoms with Gasteiger partial charge in [0, 0.05) is 6.20 Å². The van der Waals surface area contributed by atoms with Gasteiger partial charge >= 0.3 is 6.18 Å². The van der Waals surface area contributed by atoms with Gasteiger partial charge in [-0.3, -0.25) is 0 Å². The number of ether oxygens (including phenoxy) is 1. The highest BCUT2D eigenvalue weighted by atomic mass is 19.4. The lowest BCUT2D eigenvalue weighted by Crippen LogP contribution is -2.19. The van der Waals surface area contributed by atoms with Crippen LogP contribution in [0.2, 0.25) is 0 Å². The van der Waals surface area contributed by atoms with Gasteiger partial charge in [0.2, 0.25) is 5.90 Å². The van der Waals surface area contributed by atoms with Crippen LogP contribution in [0.4, 0.5) is 19.0 Å². The smallest absolute Gasteiger partial charge is 0.417 e. The van der Waals surface area contributed by atoms with E-state index in [9.17, 15) is 13.2 Å². The van der Waals surface area contributed by atoms with Gasteiger partial charge in [-0.05, 0) is 18.6 Å². The van der Waals surface area contributed by atoms with Crippen molar-refractivity contribution in [1.29, 1.82) is 0 Å². The van der Waals surface area contributed by atoms with Crippen molar-refractivity contribution in [2.45, 2.75) is 19.5 Å². The number of hydrogen-bond donors (Lipinski definition) is 1. The predicted octanol–water partition coefficient (Wildman–Crippen LogP) is 2.90. The maximum absolute atomic E-state index is 12.4. The molecule has 0 atom stereocenters. The number of aromatic nitrogens is 1. The monoisotopic (exact) mass is 291 g/mol. The molecule has 5 nitrogen and oxygen atoms in total. The first-order valence-electron chi connectivity index (χ1n) is 5.97. The molecular formula is C12H16F3N3O2. The molecule has 112 valence electrons. The fraction of sp³-hybridized carbons (Fsp3) is 0.500. The molecule has 0 bridgehead atoms. The lowest BCUT2D eigenvalue weighted by molar-refractivity contribution is -0.137. The molecule has 1 aromatic rings. The molecule has 0 aliphatic heterocycles. The van der Waals surface area contributed by atoms with Gasteiger partial charge in [0.25, 0.3) is 0 Å². The number of halogens is 3. The van der Waals surface area contributed by atoms with Crippen LogP contribution >= 0.6 is 0 Å². The molecule has 0 aromatic carbocycles. The Kier molecular flexibility index (Phi) is 6.08. The number of nitrogens with zero attached hydrogens (tertiary/aromatic N) is 2. The topological polar surface area (TPSA) is 55.7 Å². The fourth-order valence-corrected chi connectivity index (χ4v) is 1.26. The summed E-state index contributed by atoms with van der Waals surface area (Å²) < 4.78 is 42.4. The van der Waals surface area contributed by atoms with E-state index in [4.69, 9.17) is 4.74 Å². The molecule has 0 aliphatic rings. The molecule has 0 spiro atoms. The molecule has 1 N–H and O–H groups in total. The maximum atomic E-state index is 12.4. The van der Waals surface area contributed by atoms with Crippen molar-refractivity contribution in [3.8, 4) is 0 Å². The van der Waals surface area contributed by atoms with E-state index in [-0.39, 0.29) is 6.54 Å². The van der Waals surface area contributed by atoms with Gasteiger partial charge in [0.1, 0.15) is 12.9 Å². The van der Waals surface area contributed by atoms with E-state index in [2.05, 4.69) is 20.3 Å². The van der Waals surface area contributed by atoms with Crippen molar-refractivity contribution in [2.75, 3.05) is 25.6 Å². The molecule has 20 heavy (non-hydrogen) atoms. The Balaban J connectivity index is 2.58. The minimum absolute atomic E-state index is 0.173. The number of oxime groups is 1. The average molecular weight is 291 g/mol. The molecule has 1 rings (SSSR count). The van der Waals surface area contributed by atoms with Crippen LogP contribution in [-0.4, -0.2) is 31.1 Å². The summed E-state index contributed by atoms with van der Waals surface area (Å²) in [5, 5.41) is 6.46. The number of alkyl halides is 3. The molecule has 8 heteroatoms. The molecule has 0 saturated heterocycles. The van der Waals surface area contributed by atoms with E-state index >= 15 is 0 Å². The van der Waals surface area contributed by atoms with Crippen LogP contribution in [0.3, 0.4) is 0 Å². The summed E-state index contributed by atoms with van der Waals surface area (Å²) in [4.78, 5) is 8.28. The van der Waals surface area contributed by atoms with Gasteiger partial charge in [-0.1, -0.05) is 12.1 Å². The van der Waals surface area contributed by atoms with Crippen LogP contribution in [0.1, 0.15) is 18.9 Å². The zero-order chi connectivity index (χ0) is 15.0. The molecule has 0 radical (unpaired) electrons. The lowest BCUT2D eigenvalue weighted by atomic mass is 10.3. The van der Waals surface area contributed by atoms with Crippen molar-refractivity contribution < 1.29 is 22.7 Å². The maximum Gasteiger partial charge on any atom is 0.417 e. The van der Waals surface area contributed by atoms with Crippen LogP contribution in [-0.2, 0) is 15.8 Å². The Morgan fingerprint density at radius 2 is 2.15 bits per heavy atom. The number of pyridine rings is 1. The number of hydrogen-bond acceptors (Lipinski definition) is 5. The molecule has 0 unspecified atom stereocenters. The van der Waals surface area contributed by atoms with Crippen LogP contribution in [0.15, 0.2) is 23.5 Å². The predicted molar refractivity (Wildman–Crippen MR) is 68.4 cm³/mol. The normalized spacial score (nSPS) is 12.2. The van der Waals surface area contributed by atoms with Gasteiger partial charge in [-0.15, -0.1) is 0 Å². The minimum Gasteiger partial charge on any atom is -0.477 e. The Labute approximate surface area is 114 Å². The van der Waals surface area contributed by atoms with Gasteiger partial charge in [-0.25, -0.2) is 4.98 Å². The molecule has 0 amide bonds. The van der Waals surface area contributed by atoms with Crippen LogP contribution in [0, 0.1) is 0 Å². The van der Waals surface area contributed by atoms with E-state index in [1.807, 2.05) is 6.92 Å². The summed E-state index contributed by atoms with van der Waals surface area (Å²) in [5.41, 5.74) is -0.795. The van der Waals surface area contributed by atoms with Crippen molar-refractivity contribution in [3.63, 3.8) is 0 Å². The first kappa shape index (κ1) is 16.1. The Hall–Kier alpha value is -1.99. The second kappa shape index (κ2) is 7.56. The highest BCUT2D eigenvalue weighted by Crippen LogP contribution is 2.28. The zero-order valence-corrected chi connectivity index (χ0v) is 11.2. The highest BCUT2D eigenvalue weighted by molar-refractivity contribution is 5.80. The Bertz CT molecular complexity index is 433.